The monoisotopic (exact) mass is 267 g/mol. The highest BCUT2D eigenvalue weighted by Gasteiger charge is 2.21. The lowest BCUT2D eigenvalue weighted by molar-refractivity contribution is 0.0997. The first-order chi connectivity index (χ1) is 8.67. The van der Waals surface area contributed by atoms with Gasteiger partial charge in [-0.15, -0.1) is 0 Å². The summed E-state index contributed by atoms with van der Waals surface area (Å²) in [6.07, 6.45) is 2.34. The molecule has 0 radical (unpaired) electrons. The Morgan fingerprint density at radius 1 is 1.56 bits per heavy atom. The van der Waals surface area contributed by atoms with Gasteiger partial charge in [0.15, 0.2) is 5.76 Å². The summed E-state index contributed by atoms with van der Waals surface area (Å²) in [5.41, 5.74) is 5.80. The predicted molar refractivity (Wildman–Crippen MR) is 67.6 cm³/mol. The van der Waals surface area contributed by atoms with Crippen LogP contribution in [0.15, 0.2) is 22.7 Å². The molecule has 0 saturated heterocycles. The number of carbonyl (C=O) groups is 1. The number of ketones is 1. The lowest BCUT2D eigenvalue weighted by Gasteiger charge is -2.04. The minimum Gasteiger partial charge on any atom is -0.456 e. The van der Waals surface area contributed by atoms with E-state index in [1.807, 2.05) is 6.92 Å². The van der Waals surface area contributed by atoms with Gasteiger partial charge in [-0.05, 0) is 18.6 Å². The lowest BCUT2D eigenvalue weighted by atomic mass is 10.2. The minimum absolute atomic E-state index is 0.232. The fraction of sp³-hybridized carbons (Fsp3) is 0.333. The highest BCUT2D eigenvalue weighted by molar-refractivity contribution is 6.34. The zero-order valence-corrected chi connectivity index (χ0v) is 10.8. The van der Waals surface area contributed by atoms with Crippen LogP contribution in [0, 0.1) is 0 Å². The van der Waals surface area contributed by atoms with Crippen molar-refractivity contribution in [1.29, 1.82) is 0 Å². The molecule has 0 amide bonds. The van der Waals surface area contributed by atoms with Gasteiger partial charge >= 0.3 is 0 Å². The molecule has 5 nitrogen and oxygen atoms in total. The van der Waals surface area contributed by atoms with Gasteiger partial charge < -0.3 is 10.2 Å². The summed E-state index contributed by atoms with van der Waals surface area (Å²) in [5, 5.41) is 4.41. The van der Waals surface area contributed by atoms with Gasteiger partial charge in [0.2, 0.25) is 5.78 Å². The second-order valence-electron chi connectivity index (χ2n) is 3.86. The average Bonchev–Trinajstić information content (AvgIpc) is 2.96. The van der Waals surface area contributed by atoms with Gasteiger partial charge in [0.25, 0.3) is 0 Å². The quantitative estimate of drug-likeness (QED) is 0.843. The standard InChI is InChI=1S/C12H14ClN3O2/c1-2-5-16-11(9(13)7-15-16)12(17)10-4-3-8(6-14)18-10/h3-4,7H,2,5-6,14H2,1H3. The molecular weight excluding hydrogens is 254 g/mol. The van der Waals surface area contributed by atoms with Crippen LogP contribution < -0.4 is 5.73 Å². The van der Waals surface area contributed by atoms with Crippen LogP contribution in [-0.4, -0.2) is 15.6 Å². The van der Waals surface area contributed by atoms with Crippen molar-refractivity contribution in [3.63, 3.8) is 0 Å². The summed E-state index contributed by atoms with van der Waals surface area (Å²) in [5.74, 6) is 0.525. The van der Waals surface area contributed by atoms with Crippen molar-refractivity contribution in [3.05, 3.63) is 40.6 Å². The molecule has 0 atom stereocenters. The highest BCUT2D eigenvalue weighted by atomic mass is 35.5. The Balaban J connectivity index is 2.35. The summed E-state index contributed by atoms with van der Waals surface area (Å²) < 4.78 is 6.92. The van der Waals surface area contributed by atoms with E-state index in [0.29, 0.717) is 23.0 Å². The first-order valence-corrected chi connectivity index (χ1v) is 6.10. The largest absolute Gasteiger partial charge is 0.456 e. The summed E-state index contributed by atoms with van der Waals surface area (Å²) in [4.78, 5) is 12.3. The number of halogens is 1. The molecular formula is C12H14ClN3O2. The van der Waals surface area contributed by atoms with E-state index < -0.39 is 0 Å². The Kier molecular flexibility index (Phi) is 3.84. The number of nitrogens with zero attached hydrogens (tertiary/aromatic N) is 2. The summed E-state index contributed by atoms with van der Waals surface area (Å²) in [6.45, 7) is 2.90. The van der Waals surface area contributed by atoms with E-state index >= 15 is 0 Å². The number of nitrogens with two attached hydrogens (primary N) is 1. The summed E-state index contributed by atoms with van der Waals surface area (Å²) >= 11 is 6.00. The summed E-state index contributed by atoms with van der Waals surface area (Å²) in [6, 6.07) is 3.28. The molecule has 0 unspecified atom stereocenters. The van der Waals surface area contributed by atoms with Crippen LogP contribution in [0.5, 0.6) is 0 Å². The molecule has 0 aromatic carbocycles. The average molecular weight is 268 g/mol. The molecule has 0 aliphatic rings. The molecule has 96 valence electrons. The van der Waals surface area contributed by atoms with E-state index in [4.69, 9.17) is 21.8 Å². The second kappa shape index (κ2) is 5.37. The number of aryl methyl sites for hydroxylation is 1. The molecule has 0 aliphatic carbocycles. The van der Waals surface area contributed by atoms with Crippen molar-refractivity contribution >= 4 is 17.4 Å². The fourth-order valence-electron chi connectivity index (χ4n) is 1.70. The molecule has 0 fully saturated rings. The lowest BCUT2D eigenvalue weighted by Crippen LogP contribution is -2.11. The maximum atomic E-state index is 12.3. The molecule has 2 rings (SSSR count). The van der Waals surface area contributed by atoms with Crippen LogP contribution in [0.3, 0.4) is 0 Å². The molecule has 0 bridgehead atoms. The topological polar surface area (TPSA) is 74.0 Å². The van der Waals surface area contributed by atoms with Crippen molar-refractivity contribution in [3.8, 4) is 0 Å². The van der Waals surface area contributed by atoms with E-state index in [9.17, 15) is 4.79 Å². The highest BCUT2D eigenvalue weighted by Crippen LogP contribution is 2.20. The second-order valence-corrected chi connectivity index (χ2v) is 4.27. The number of furan rings is 1. The Morgan fingerprint density at radius 3 is 2.94 bits per heavy atom. The molecule has 18 heavy (non-hydrogen) atoms. The van der Waals surface area contributed by atoms with Gasteiger partial charge in [-0.1, -0.05) is 18.5 Å². The van der Waals surface area contributed by atoms with E-state index in [2.05, 4.69) is 5.10 Å². The van der Waals surface area contributed by atoms with Gasteiger partial charge in [0.05, 0.1) is 17.8 Å². The molecule has 2 aromatic heterocycles. The zero-order chi connectivity index (χ0) is 13.1. The third kappa shape index (κ3) is 2.32. The molecule has 0 spiro atoms. The van der Waals surface area contributed by atoms with E-state index in [-0.39, 0.29) is 18.1 Å². The fourth-order valence-corrected chi connectivity index (χ4v) is 1.92. The SMILES string of the molecule is CCCn1ncc(Cl)c1C(=O)c1ccc(CN)o1. The van der Waals surface area contributed by atoms with Crippen LogP contribution in [0.4, 0.5) is 0 Å². The van der Waals surface area contributed by atoms with Gasteiger partial charge in [-0.3, -0.25) is 9.48 Å². The number of hydrogen-bond acceptors (Lipinski definition) is 4. The third-order valence-electron chi connectivity index (χ3n) is 2.53. The van der Waals surface area contributed by atoms with Crippen LogP contribution in [0.1, 0.15) is 35.4 Å². The number of carbonyl (C=O) groups excluding carboxylic acids is 1. The van der Waals surface area contributed by atoms with E-state index in [0.717, 1.165) is 6.42 Å². The van der Waals surface area contributed by atoms with Crippen LogP contribution >= 0.6 is 11.6 Å². The van der Waals surface area contributed by atoms with E-state index in [1.54, 1.807) is 16.8 Å². The normalized spacial score (nSPS) is 10.8. The number of hydrogen-bond donors (Lipinski definition) is 1. The maximum Gasteiger partial charge on any atom is 0.247 e. The molecule has 6 heteroatoms. The van der Waals surface area contributed by atoms with Gasteiger partial charge in [-0.2, -0.15) is 5.10 Å². The number of rotatable bonds is 5. The maximum absolute atomic E-state index is 12.3. The molecule has 2 heterocycles. The molecule has 0 saturated carbocycles. The number of aromatic nitrogens is 2. The first-order valence-electron chi connectivity index (χ1n) is 5.72. The Hall–Kier alpha value is -1.59. The molecule has 2 aromatic rings. The van der Waals surface area contributed by atoms with Crippen LogP contribution in [-0.2, 0) is 13.1 Å². The van der Waals surface area contributed by atoms with Crippen molar-refractivity contribution in [2.75, 3.05) is 0 Å². The van der Waals surface area contributed by atoms with Crippen molar-refractivity contribution in [2.24, 2.45) is 5.73 Å². The minimum atomic E-state index is -0.273. The smallest absolute Gasteiger partial charge is 0.247 e. The van der Waals surface area contributed by atoms with Crippen LogP contribution in [0.25, 0.3) is 0 Å². The molecule has 2 N–H and O–H groups in total. The van der Waals surface area contributed by atoms with Gasteiger partial charge in [0, 0.05) is 6.54 Å². The Labute approximate surface area is 110 Å². The van der Waals surface area contributed by atoms with E-state index in [1.165, 1.54) is 6.20 Å². The predicted octanol–water partition coefficient (Wildman–Crippen LogP) is 2.23. The molecule has 0 aliphatic heterocycles. The first kappa shape index (κ1) is 12.9. The Morgan fingerprint density at radius 2 is 2.33 bits per heavy atom. The van der Waals surface area contributed by atoms with Crippen molar-refractivity contribution < 1.29 is 9.21 Å². The zero-order valence-electron chi connectivity index (χ0n) is 10.0. The van der Waals surface area contributed by atoms with Crippen molar-refractivity contribution in [1.82, 2.24) is 9.78 Å². The van der Waals surface area contributed by atoms with Crippen LogP contribution in [0.2, 0.25) is 5.02 Å². The summed E-state index contributed by atoms with van der Waals surface area (Å²) in [7, 11) is 0. The van der Waals surface area contributed by atoms with Crippen molar-refractivity contribution in [2.45, 2.75) is 26.4 Å². The van der Waals surface area contributed by atoms with Gasteiger partial charge in [-0.25, -0.2) is 0 Å². The van der Waals surface area contributed by atoms with Gasteiger partial charge in [0.1, 0.15) is 11.5 Å². The third-order valence-corrected chi connectivity index (χ3v) is 2.81. The Bertz CT molecular complexity index is 559.